The van der Waals surface area contributed by atoms with E-state index in [0.717, 1.165) is 37.2 Å². The Morgan fingerprint density at radius 2 is 1.82 bits per heavy atom. The Morgan fingerprint density at radius 3 is 2.39 bits per heavy atom. The van der Waals surface area contributed by atoms with Crippen molar-refractivity contribution in [3.05, 3.63) is 42.6 Å². The third kappa shape index (κ3) is 5.50. The standard InChI is InChI=1S/C25H33N5O3/c1-25(2,3)24(32)29-15-11-21(12-16-29)33-20-8-6-19(7-9-20)30(22-5-4-13-27-28-22)23(31)18-10-14-26-17-18/h4-9,13,18,21,26H,10-12,14-17H2,1-3H3/t18-/m0/s1. The van der Waals surface area contributed by atoms with Crippen molar-refractivity contribution in [2.24, 2.45) is 11.3 Å². The summed E-state index contributed by atoms with van der Waals surface area (Å²) in [4.78, 5) is 29.3. The van der Waals surface area contributed by atoms with E-state index in [9.17, 15) is 9.59 Å². The van der Waals surface area contributed by atoms with Crippen LogP contribution in [0.3, 0.4) is 0 Å². The Kier molecular flexibility index (Phi) is 6.93. The first-order valence-electron chi connectivity index (χ1n) is 11.7. The zero-order valence-electron chi connectivity index (χ0n) is 19.7. The van der Waals surface area contributed by atoms with E-state index in [4.69, 9.17) is 4.74 Å². The van der Waals surface area contributed by atoms with Crippen LogP contribution in [-0.4, -0.2) is 59.2 Å². The van der Waals surface area contributed by atoms with E-state index in [2.05, 4.69) is 15.5 Å². The lowest BCUT2D eigenvalue weighted by molar-refractivity contribution is -0.141. The minimum atomic E-state index is -0.357. The van der Waals surface area contributed by atoms with E-state index in [1.165, 1.54) is 0 Å². The lowest BCUT2D eigenvalue weighted by atomic mass is 9.93. The molecule has 176 valence electrons. The van der Waals surface area contributed by atoms with Crippen LogP contribution in [0.25, 0.3) is 0 Å². The van der Waals surface area contributed by atoms with Crippen LogP contribution >= 0.6 is 0 Å². The first-order chi connectivity index (χ1) is 15.8. The van der Waals surface area contributed by atoms with Gasteiger partial charge in [-0.05, 0) is 49.4 Å². The third-order valence-corrected chi connectivity index (χ3v) is 6.19. The molecule has 2 aromatic rings. The Hall–Kier alpha value is -3.00. The number of rotatable bonds is 5. The molecule has 0 aliphatic carbocycles. The van der Waals surface area contributed by atoms with Crippen molar-refractivity contribution in [3.63, 3.8) is 0 Å². The van der Waals surface area contributed by atoms with Gasteiger partial charge in [-0.25, -0.2) is 0 Å². The molecule has 3 heterocycles. The van der Waals surface area contributed by atoms with Gasteiger partial charge >= 0.3 is 0 Å². The van der Waals surface area contributed by atoms with Crippen LogP contribution in [0.15, 0.2) is 42.6 Å². The summed E-state index contributed by atoms with van der Waals surface area (Å²) in [7, 11) is 0. The highest BCUT2D eigenvalue weighted by Gasteiger charge is 2.32. The zero-order valence-corrected chi connectivity index (χ0v) is 19.7. The van der Waals surface area contributed by atoms with E-state index in [0.29, 0.717) is 25.5 Å². The topological polar surface area (TPSA) is 87.7 Å². The molecule has 8 nitrogen and oxygen atoms in total. The van der Waals surface area contributed by atoms with Crippen LogP contribution in [-0.2, 0) is 9.59 Å². The van der Waals surface area contributed by atoms with Crippen molar-refractivity contribution >= 4 is 23.3 Å². The molecular weight excluding hydrogens is 418 g/mol. The first kappa shape index (κ1) is 23.2. The molecule has 2 fully saturated rings. The molecule has 4 rings (SSSR count). The van der Waals surface area contributed by atoms with Crippen molar-refractivity contribution in [2.45, 2.75) is 46.1 Å². The Balaban J connectivity index is 1.42. The lowest BCUT2D eigenvalue weighted by Gasteiger charge is -2.35. The van der Waals surface area contributed by atoms with Crippen molar-refractivity contribution in [2.75, 3.05) is 31.1 Å². The van der Waals surface area contributed by atoms with Crippen molar-refractivity contribution in [1.82, 2.24) is 20.4 Å². The molecule has 1 aromatic heterocycles. The highest BCUT2D eigenvalue weighted by atomic mass is 16.5. The molecule has 2 amide bonds. The number of benzene rings is 1. The summed E-state index contributed by atoms with van der Waals surface area (Å²) in [6.45, 7) is 8.81. The van der Waals surface area contributed by atoms with Gasteiger partial charge in [-0.2, -0.15) is 5.10 Å². The van der Waals surface area contributed by atoms with Crippen molar-refractivity contribution in [1.29, 1.82) is 0 Å². The molecule has 2 saturated heterocycles. The summed E-state index contributed by atoms with van der Waals surface area (Å²) < 4.78 is 6.19. The van der Waals surface area contributed by atoms with Crippen LogP contribution in [0, 0.1) is 11.3 Å². The average Bonchev–Trinajstić information content (AvgIpc) is 3.36. The fourth-order valence-electron chi connectivity index (χ4n) is 4.35. The molecule has 0 saturated carbocycles. The van der Waals surface area contributed by atoms with Gasteiger partial charge in [0.2, 0.25) is 11.8 Å². The minimum absolute atomic E-state index is 0.0186. The van der Waals surface area contributed by atoms with E-state index in [1.54, 1.807) is 23.2 Å². The van der Waals surface area contributed by atoms with E-state index in [-0.39, 0.29) is 29.3 Å². The normalized spacial score (nSPS) is 19.4. The molecule has 1 atom stereocenters. The number of carbonyl (C=O) groups excluding carboxylic acids is 2. The largest absolute Gasteiger partial charge is 0.490 e. The predicted octanol–water partition coefficient (Wildman–Crippen LogP) is 3.17. The number of amides is 2. The number of hydrogen-bond donors (Lipinski definition) is 1. The van der Waals surface area contributed by atoms with Crippen LogP contribution in [0.5, 0.6) is 5.75 Å². The molecule has 0 radical (unpaired) electrons. The summed E-state index contributed by atoms with van der Waals surface area (Å²) in [5.41, 5.74) is 0.384. The van der Waals surface area contributed by atoms with Crippen molar-refractivity contribution < 1.29 is 14.3 Å². The first-order valence-corrected chi connectivity index (χ1v) is 11.7. The van der Waals surface area contributed by atoms with Gasteiger partial charge < -0.3 is 15.0 Å². The van der Waals surface area contributed by atoms with Gasteiger partial charge in [0.1, 0.15) is 11.9 Å². The maximum atomic E-state index is 13.3. The van der Waals surface area contributed by atoms with Gasteiger partial charge in [-0.15, -0.1) is 5.10 Å². The smallest absolute Gasteiger partial charge is 0.237 e. The fourth-order valence-corrected chi connectivity index (χ4v) is 4.35. The quantitative estimate of drug-likeness (QED) is 0.751. The molecule has 0 bridgehead atoms. The average molecular weight is 452 g/mol. The zero-order chi connectivity index (χ0) is 23.4. The number of anilines is 2. The maximum Gasteiger partial charge on any atom is 0.237 e. The number of ether oxygens (including phenoxy) is 1. The van der Waals surface area contributed by atoms with Crippen LogP contribution in [0.4, 0.5) is 11.5 Å². The Morgan fingerprint density at radius 1 is 1.09 bits per heavy atom. The molecule has 0 spiro atoms. The SMILES string of the molecule is CC(C)(C)C(=O)N1CCC(Oc2ccc(N(C(=O)[C@H]3CCNC3)c3cccnn3)cc2)CC1. The number of nitrogens with one attached hydrogen (secondary N) is 1. The van der Waals surface area contributed by atoms with Crippen molar-refractivity contribution in [3.8, 4) is 5.75 Å². The molecule has 2 aliphatic rings. The fraction of sp³-hybridized carbons (Fsp3) is 0.520. The second-order valence-electron chi connectivity index (χ2n) is 9.80. The second kappa shape index (κ2) is 9.87. The predicted molar refractivity (Wildman–Crippen MR) is 126 cm³/mol. The van der Waals surface area contributed by atoms with Gasteiger partial charge in [-0.1, -0.05) is 20.8 Å². The highest BCUT2D eigenvalue weighted by molar-refractivity contribution is 6.01. The van der Waals surface area contributed by atoms with E-state index < -0.39 is 0 Å². The van der Waals surface area contributed by atoms with Gasteiger partial charge in [0.15, 0.2) is 5.82 Å². The van der Waals surface area contributed by atoms with Gasteiger partial charge in [0.05, 0.1) is 11.6 Å². The number of likely N-dealkylation sites (tertiary alicyclic amines) is 1. The molecule has 33 heavy (non-hydrogen) atoms. The summed E-state index contributed by atoms with van der Waals surface area (Å²) in [5, 5.41) is 11.4. The number of carbonyl (C=O) groups is 2. The molecular formula is C25H33N5O3. The highest BCUT2D eigenvalue weighted by Crippen LogP contribution is 2.30. The van der Waals surface area contributed by atoms with Gasteiger partial charge in [-0.3, -0.25) is 14.5 Å². The molecule has 1 aromatic carbocycles. The summed E-state index contributed by atoms with van der Waals surface area (Å²) in [6, 6.07) is 11.1. The summed E-state index contributed by atoms with van der Waals surface area (Å²) >= 11 is 0. The van der Waals surface area contributed by atoms with E-state index >= 15 is 0 Å². The third-order valence-electron chi connectivity index (χ3n) is 6.19. The number of aromatic nitrogens is 2. The molecule has 8 heteroatoms. The Bertz CT molecular complexity index is 944. The van der Waals surface area contributed by atoms with E-state index in [1.807, 2.05) is 49.9 Å². The molecule has 0 unspecified atom stereocenters. The van der Waals surface area contributed by atoms with Crippen LogP contribution in [0.2, 0.25) is 0 Å². The molecule has 1 N–H and O–H groups in total. The monoisotopic (exact) mass is 451 g/mol. The number of piperidine rings is 1. The number of hydrogen-bond acceptors (Lipinski definition) is 6. The Labute approximate surface area is 195 Å². The minimum Gasteiger partial charge on any atom is -0.490 e. The molecule has 2 aliphatic heterocycles. The second-order valence-corrected chi connectivity index (χ2v) is 9.80. The van der Waals surface area contributed by atoms with Gasteiger partial charge in [0.25, 0.3) is 0 Å². The lowest BCUT2D eigenvalue weighted by Crippen LogP contribution is -2.46. The van der Waals surface area contributed by atoms with Crippen LogP contribution < -0.4 is 15.0 Å². The van der Waals surface area contributed by atoms with Gasteiger partial charge in [0, 0.05) is 44.1 Å². The maximum absolute atomic E-state index is 13.3. The summed E-state index contributed by atoms with van der Waals surface area (Å²) in [5.74, 6) is 1.40. The number of nitrogens with zero attached hydrogens (tertiary/aromatic N) is 4. The summed E-state index contributed by atoms with van der Waals surface area (Å²) in [6.07, 6.45) is 4.10. The van der Waals surface area contributed by atoms with Crippen LogP contribution in [0.1, 0.15) is 40.0 Å².